The summed E-state index contributed by atoms with van der Waals surface area (Å²) in [5.74, 6) is -1.54. The first kappa shape index (κ1) is 22.2. The topological polar surface area (TPSA) is 133 Å². The Balaban J connectivity index is 1.61. The van der Waals surface area contributed by atoms with E-state index in [4.69, 9.17) is 10.5 Å². The number of carbonyl (C=O) groups excluding carboxylic acids is 3. The summed E-state index contributed by atoms with van der Waals surface area (Å²) in [4.78, 5) is 55.9. The number of rotatable bonds is 6. The first-order valence-corrected chi connectivity index (χ1v) is 11.8. The van der Waals surface area contributed by atoms with Crippen molar-refractivity contribution in [1.29, 1.82) is 0 Å². The average molecular weight is 475 g/mol. The Morgan fingerprint density at radius 2 is 2.00 bits per heavy atom. The Morgan fingerprint density at radius 3 is 2.72 bits per heavy atom. The van der Waals surface area contributed by atoms with E-state index in [1.165, 1.54) is 22.2 Å². The summed E-state index contributed by atoms with van der Waals surface area (Å²) in [6.07, 6.45) is 4.92. The van der Waals surface area contributed by atoms with Gasteiger partial charge in [0.05, 0.1) is 23.9 Å². The minimum Gasteiger partial charge on any atom is -0.462 e. The smallest absolute Gasteiger partial charge is 0.348 e. The van der Waals surface area contributed by atoms with Gasteiger partial charge in [-0.2, -0.15) is 0 Å². The maximum absolute atomic E-state index is 13.0. The van der Waals surface area contributed by atoms with E-state index in [0.717, 1.165) is 47.5 Å². The van der Waals surface area contributed by atoms with Crippen LogP contribution in [0.4, 0.5) is 5.00 Å². The number of carbonyl (C=O) groups is 3. The van der Waals surface area contributed by atoms with Crippen LogP contribution in [0, 0.1) is 6.92 Å². The number of nitrogens with one attached hydrogen (secondary N) is 1. The first-order valence-electron chi connectivity index (χ1n) is 10.2. The summed E-state index contributed by atoms with van der Waals surface area (Å²) in [5.41, 5.74) is 6.93. The molecule has 0 radical (unpaired) electrons. The van der Waals surface area contributed by atoms with Crippen LogP contribution in [0.1, 0.15) is 55.8 Å². The fourth-order valence-corrected chi connectivity index (χ4v) is 6.24. The van der Waals surface area contributed by atoms with Gasteiger partial charge in [-0.05, 0) is 50.7 Å². The zero-order chi connectivity index (χ0) is 23.0. The molecule has 1 aliphatic carbocycles. The van der Waals surface area contributed by atoms with Gasteiger partial charge < -0.3 is 15.8 Å². The highest BCUT2D eigenvalue weighted by atomic mass is 32.1. The van der Waals surface area contributed by atoms with Gasteiger partial charge in [0, 0.05) is 4.88 Å². The predicted octanol–water partition coefficient (Wildman–Crippen LogP) is 2.62. The van der Waals surface area contributed by atoms with Crippen LogP contribution in [0.5, 0.6) is 0 Å². The van der Waals surface area contributed by atoms with Crippen molar-refractivity contribution in [2.75, 3.05) is 11.9 Å². The van der Waals surface area contributed by atoms with Gasteiger partial charge in [-0.15, -0.1) is 22.7 Å². The van der Waals surface area contributed by atoms with Gasteiger partial charge in [0.2, 0.25) is 5.91 Å². The van der Waals surface area contributed by atoms with Crippen molar-refractivity contribution in [3.8, 4) is 0 Å². The number of fused-ring (bicyclic) bond motifs is 2. The van der Waals surface area contributed by atoms with Gasteiger partial charge >= 0.3 is 5.97 Å². The van der Waals surface area contributed by atoms with E-state index in [1.54, 1.807) is 13.8 Å². The van der Waals surface area contributed by atoms with E-state index < -0.39 is 23.3 Å². The zero-order valence-corrected chi connectivity index (χ0v) is 19.3. The molecule has 9 nitrogen and oxygen atoms in total. The van der Waals surface area contributed by atoms with Crippen LogP contribution in [-0.2, 0) is 28.9 Å². The van der Waals surface area contributed by atoms with Crippen LogP contribution in [0.2, 0.25) is 0 Å². The minimum atomic E-state index is -0.569. The monoisotopic (exact) mass is 474 g/mol. The lowest BCUT2D eigenvalue weighted by atomic mass is 9.95. The molecule has 0 spiro atoms. The molecule has 0 unspecified atom stereocenters. The SMILES string of the molecule is CCOC(=O)c1sc2ncn(CC(=O)Nc3sc4c(c3C(N)=O)CCCC4)c(=O)c2c1C. The summed E-state index contributed by atoms with van der Waals surface area (Å²) in [5, 5.41) is 3.46. The van der Waals surface area contributed by atoms with E-state index in [2.05, 4.69) is 10.3 Å². The molecular formula is C21H22N4O5S2. The maximum Gasteiger partial charge on any atom is 0.348 e. The fourth-order valence-electron chi connectivity index (χ4n) is 3.90. The van der Waals surface area contributed by atoms with Gasteiger partial charge in [-0.1, -0.05) is 0 Å². The first-order chi connectivity index (χ1) is 15.3. The van der Waals surface area contributed by atoms with Crippen molar-refractivity contribution in [2.24, 2.45) is 5.73 Å². The van der Waals surface area contributed by atoms with Crippen molar-refractivity contribution in [3.05, 3.63) is 43.1 Å². The standard InChI is InChI=1S/C21H22N4O5S2/c1-3-30-21(29)16-10(2)14-18(32-16)23-9-25(20(14)28)8-13(26)24-19-15(17(22)27)11-6-4-5-7-12(11)31-19/h9H,3-8H2,1-2H3,(H2,22,27)(H,24,26). The molecule has 0 atom stereocenters. The van der Waals surface area contributed by atoms with Crippen LogP contribution >= 0.6 is 22.7 Å². The highest BCUT2D eigenvalue weighted by Crippen LogP contribution is 2.37. The van der Waals surface area contributed by atoms with Gasteiger partial charge in [-0.25, -0.2) is 9.78 Å². The number of hydrogen-bond acceptors (Lipinski definition) is 8. The van der Waals surface area contributed by atoms with Crippen molar-refractivity contribution in [3.63, 3.8) is 0 Å². The van der Waals surface area contributed by atoms with Crippen molar-refractivity contribution in [1.82, 2.24) is 9.55 Å². The molecule has 3 heterocycles. The number of esters is 1. The van der Waals surface area contributed by atoms with E-state index >= 15 is 0 Å². The van der Waals surface area contributed by atoms with E-state index in [9.17, 15) is 19.2 Å². The van der Waals surface area contributed by atoms with Crippen molar-refractivity contribution in [2.45, 2.75) is 46.1 Å². The van der Waals surface area contributed by atoms with Crippen molar-refractivity contribution < 1.29 is 19.1 Å². The van der Waals surface area contributed by atoms with Gasteiger partial charge in [0.15, 0.2) is 0 Å². The number of thiophene rings is 2. The molecule has 0 saturated heterocycles. The molecule has 0 saturated carbocycles. The summed E-state index contributed by atoms with van der Waals surface area (Å²) < 4.78 is 6.22. The molecule has 168 valence electrons. The van der Waals surface area contributed by atoms with Crippen LogP contribution in [0.3, 0.4) is 0 Å². The van der Waals surface area contributed by atoms with Gasteiger partial charge in [0.25, 0.3) is 11.5 Å². The summed E-state index contributed by atoms with van der Waals surface area (Å²) in [6, 6.07) is 0. The Morgan fingerprint density at radius 1 is 1.25 bits per heavy atom. The molecule has 3 aromatic rings. The summed E-state index contributed by atoms with van der Waals surface area (Å²) in [7, 11) is 0. The van der Waals surface area contributed by atoms with E-state index in [0.29, 0.717) is 25.8 Å². The Hall–Kier alpha value is -3.05. The molecule has 3 aromatic heterocycles. The molecule has 3 N–H and O–H groups in total. The van der Waals surface area contributed by atoms with Gasteiger partial charge in [0.1, 0.15) is 21.3 Å². The molecule has 0 fully saturated rings. The minimum absolute atomic E-state index is 0.226. The molecule has 11 heteroatoms. The maximum atomic E-state index is 13.0. The van der Waals surface area contributed by atoms with Crippen LogP contribution in [0.15, 0.2) is 11.1 Å². The highest BCUT2D eigenvalue weighted by molar-refractivity contribution is 7.20. The number of aromatic nitrogens is 2. The van der Waals surface area contributed by atoms with E-state index in [1.807, 2.05) is 0 Å². The summed E-state index contributed by atoms with van der Waals surface area (Å²) >= 11 is 2.45. The van der Waals surface area contributed by atoms with Crippen LogP contribution in [-0.4, -0.2) is 33.9 Å². The fraction of sp³-hybridized carbons (Fsp3) is 0.381. The molecular weight excluding hydrogens is 452 g/mol. The number of nitrogens with two attached hydrogens (primary N) is 1. The molecule has 0 aromatic carbocycles. The third kappa shape index (κ3) is 3.93. The number of hydrogen-bond donors (Lipinski definition) is 2. The number of nitrogens with zero attached hydrogens (tertiary/aromatic N) is 2. The third-order valence-electron chi connectivity index (χ3n) is 5.36. The molecule has 1 aliphatic rings. The Labute approximate surface area is 191 Å². The van der Waals surface area contributed by atoms with Crippen LogP contribution in [0.25, 0.3) is 10.2 Å². The second-order valence-corrected chi connectivity index (χ2v) is 9.57. The molecule has 2 amide bonds. The normalized spacial score (nSPS) is 13.1. The van der Waals surface area contributed by atoms with Crippen molar-refractivity contribution >= 4 is 55.7 Å². The zero-order valence-electron chi connectivity index (χ0n) is 17.6. The molecule has 4 rings (SSSR count). The Kier molecular flexibility index (Phi) is 6.11. The second-order valence-electron chi connectivity index (χ2n) is 7.46. The summed E-state index contributed by atoms with van der Waals surface area (Å²) in [6.45, 7) is 3.31. The number of anilines is 1. The predicted molar refractivity (Wildman–Crippen MR) is 123 cm³/mol. The lowest BCUT2D eigenvalue weighted by Gasteiger charge is -2.11. The third-order valence-corrected chi connectivity index (χ3v) is 7.75. The number of ether oxygens (including phenoxy) is 1. The number of aryl methyl sites for hydroxylation is 2. The molecule has 0 aliphatic heterocycles. The highest BCUT2D eigenvalue weighted by Gasteiger charge is 2.25. The second kappa shape index (κ2) is 8.83. The molecule has 32 heavy (non-hydrogen) atoms. The van der Waals surface area contributed by atoms with Gasteiger partial charge in [-0.3, -0.25) is 19.0 Å². The average Bonchev–Trinajstić information content (AvgIpc) is 3.28. The Bertz CT molecular complexity index is 1300. The quantitative estimate of drug-likeness (QED) is 0.528. The molecule has 0 bridgehead atoms. The number of amides is 2. The lowest BCUT2D eigenvalue weighted by molar-refractivity contribution is -0.116. The lowest BCUT2D eigenvalue weighted by Crippen LogP contribution is -2.28. The number of primary amides is 1. The van der Waals surface area contributed by atoms with Crippen LogP contribution < -0.4 is 16.6 Å². The largest absolute Gasteiger partial charge is 0.462 e. The van der Waals surface area contributed by atoms with E-state index in [-0.39, 0.29) is 18.5 Å².